The smallest absolute Gasteiger partial charge is 0.396 e. The lowest BCUT2D eigenvalue weighted by molar-refractivity contribution is -0.160. The molecule has 2 bridgehead atoms. The van der Waals surface area contributed by atoms with Crippen molar-refractivity contribution in [1.29, 1.82) is 5.26 Å². The summed E-state index contributed by atoms with van der Waals surface area (Å²) in [6.45, 7) is 0.178. The molecule has 4 heterocycles. The summed E-state index contributed by atoms with van der Waals surface area (Å²) in [4.78, 5) is 58.7. The van der Waals surface area contributed by atoms with Crippen molar-refractivity contribution in [2.24, 2.45) is 0 Å². The molecule has 0 radical (unpaired) electrons. The van der Waals surface area contributed by atoms with E-state index in [1.54, 1.807) is 18.2 Å². The second-order valence-corrected chi connectivity index (χ2v) is 7.36. The number of amides is 4. The molecular formula is C20H15N5O5. The number of nitriles is 1. The van der Waals surface area contributed by atoms with Crippen molar-refractivity contribution in [3.63, 3.8) is 0 Å². The number of carbonyl (C=O) groups is 4. The zero-order valence-corrected chi connectivity index (χ0v) is 15.8. The maximum atomic E-state index is 13.3. The Kier molecular flexibility index (Phi) is 3.76. The number of ether oxygens (including phenoxy) is 1. The first-order valence-electron chi connectivity index (χ1n) is 9.31. The summed E-state index contributed by atoms with van der Waals surface area (Å²) in [5, 5.41) is 9.84. The standard InChI is InChI=1S/C20H15N5O5/c1-30-19(28)18(27)23-9-11-7-14(23)16-17(26)25(20(29)24(11)16)13-5-4-10(8-21)15-12(13)3-2-6-22-15/h2-6,11,14,16H,7,9H2,1H3/t11-,14?,16-/m1/s1. The third-order valence-electron chi connectivity index (χ3n) is 5.99. The van der Waals surface area contributed by atoms with Gasteiger partial charge in [-0.15, -0.1) is 0 Å². The Morgan fingerprint density at radius 2 is 2.07 bits per heavy atom. The first kappa shape index (κ1) is 18.1. The molecule has 4 amide bonds. The van der Waals surface area contributed by atoms with Gasteiger partial charge in [0, 0.05) is 18.1 Å². The number of piperazine rings is 1. The second-order valence-electron chi connectivity index (χ2n) is 7.36. The van der Waals surface area contributed by atoms with Crippen LogP contribution in [0.15, 0.2) is 30.5 Å². The average Bonchev–Trinajstić information content (AvgIpc) is 3.43. The van der Waals surface area contributed by atoms with Crippen LogP contribution in [0, 0.1) is 11.3 Å². The van der Waals surface area contributed by atoms with E-state index < -0.39 is 35.9 Å². The molecule has 2 aromatic rings. The highest BCUT2D eigenvalue weighted by Gasteiger charge is 2.63. The van der Waals surface area contributed by atoms with Crippen molar-refractivity contribution in [3.8, 4) is 6.07 Å². The quantitative estimate of drug-likeness (QED) is 0.382. The van der Waals surface area contributed by atoms with Gasteiger partial charge in [0.25, 0.3) is 5.91 Å². The van der Waals surface area contributed by atoms with Crippen molar-refractivity contribution in [2.45, 2.75) is 24.5 Å². The van der Waals surface area contributed by atoms with Gasteiger partial charge < -0.3 is 14.5 Å². The van der Waals surface area contributed by atoms with E-state index in [4.69, 9.17) is 0 Å². The summed E-state index contributed by atoms with van der Waals surface area (Å²) >= 11 is 0. The molecule has 150 valence electrons. The van der Waals surface area contributed by atoms with E-state index in [0.29, 0.717) is 28.6 Å². The largest absolute Gasteiger partial charge is 0.462 e. The number of pyridine rings is 1. The summed E-state index contributed by atoms with van der Waals surface area (Å²) in [5.41, 5.74) is 1.08. The highest BCUT2D eigenvalue weighted by Crippen LogP contribution is 2.43. The van der Waals surface area contributed by atoms with Gasteiger partial charge in [0.1, 0.15) is 12.1 Å². The average molecular weight is 405 g/mol. The maximum Gasteiger partial charge on any atom is 0.396 e. The first-order chi connectivity index (χ1) is 14.5. The van der Waals surface area contributed by atoms with E-state index in [2.05, 4.69) is 15.8 Å². The molecule has 5 rings (SSSR count). The van der Waals surface area contributed by atoms with E-state index in [0.717, 1.165) is 12.0 Å². The van der Waals surface area contributed by atoms with Gasteiger partial charge in [-0.2, -0.15) is 5.26 Å². The number of esters is 1. The molecule has 1 unspecified atom stereocenters. The summed E-state index contributed by atoms with van der Waals surface area (Å²) in [6.07, 6.45) is 1.98. The first-order valence-corrected chi connectivity index (χ1v) is 9.31. The van der Waals surface area contributed by atoms with E-state index in [1.165, 1.54) is 22.1 Å². The van der Waals surface area contributed by atoms with Gasteiger partial charge in [-0.3, -0.25) is 14.6 Å². The van der Waals surface area contributed by atoms with Gasteiger partial charge >= 0.3 is 17.9 Å². The Labute approximate surface area is 170 Å². The van der Waals surface area contributed by atoms with Gasteiger partial charge in [-0.1, -0.05) is 0 Å². The molecule has 0 saturated carbocycles. The van der Waals surface area contributed by atoms with Crippen molar-refractivity contribution < 1.29 is 23.9 Å². The van der Waals surface area contributed by atoms with Crippen LogP contribution in [0.25, 0.3) is 10.9 Å². The number of nitrogens with zero attached hydrogens (tertiary/aromatic N) is 5. The number of urea groups is 1. The minimum atomic E-state index is -0.994. The molecule has 1 aromatic heterocycles. The SMILES string of the molecule is COC(=O)C(=O)N1C[C@H]2CC1[C@@H]1C(=O)N(c3ccc(C#N)c4ncccc34)C(=O)N21. The van der Waals surface area contributed by atoms with E-state index in [1.807, 2.05) is 0 Å². The summed E-state index contributed by atoms with van der Waals surface area (Å²) in [5.74, 6) is -2.27. The molecular weight excluding hydrogens is 390 g/mol. The molecule has 0 aliphatic carbocycles. The van der Waals surface area contributed by atoms with Crippen LogP contribution in [0.1, 0.15) is 12.0 Å². The van der Waals surface area contributed by atoms with Crippen molar-refractivity contribution >= 4 is 40.4 Å². The molecule has 3 atom stereocenters. The van der Waals surface area contributed by atoms with Gasteiger partial charge in [-0.05, 0) is 30.7 Å². The minimum absolute atomic E-state index is 0.178. The predicted octanol–water partition coefficient (Wildman–Crippen LogP) is 0.400. The lowest BCUT2D eigenvalue weighted by Gasteiger charge is -2.34. The monoisotopic (exact) mass is 405 g/mol. The predicted molar refractivity (Wildman–Crippen MR) is 101 cm³/mol. The minimum Gasteiger partial charge on any atom is -0.462 e. The van der Waals surface area contributed by atoms with Crippen LogP contribution in [0.4, 0.5) is 10.5 Å². The summed E-state index contributed by atoms with van der Waals surface area (Å²) in [6, 6.07) is 6.25. The summed E-state index contributed by atoms with van der Waals surface area (Å²) < 4.78 is 4.51. The van der Waals surface area contributed by atoms with Gasteiger partial charge in [-0.25, -0.2) is 14.5 Å². The Morgan fingerprint density at radius 1 is 1.27 bits per heavy atom. The number of rotatable bonds is 1. The van der Waals surface area contributed by atoms with Crippen LogP contribution >= 0.6 is 0 Å². The Balaban J connectivity index is 1.55. The molecule has 3 aliphatic heterocycles. The number of aromatic nitrogens is 1. The normalized spacial score (nSPS) is 24.4. The van der Waals surface area contributed by atoms with Gasteiger partial charge in [0.2, 0.25) is 0 Å². The molecule has 1 aromatic carbocycles. The number of likely N-dealkylation sites (tertiary alicyclic amines) is 1. The van der Waals surface area contributed by atoms with E-state index >= 15 is 0 Å². The highest BCUT2D eigenvalue weighted by atomic mass is 16.5. The zero-order valence-electron chi connectivity index (χ0n) is 15.8. The number of anilines is 1. The highest BCUT2D eigenvalue weighted by molar-refractivity contribution is 6.33. The van der Waals surface area contributed by atoms with Crippen LogP contribution in [0.2, 0.25) is 0 Å². The van der Waals surface area contributed by atoms with Crippen LogP contribution in [-0.4, -0.2) is 70.4 Å². The number of benzene rings is 1. The molecule has 0 N–H and O–H groups in total. The number of imide groups is 1. The van der Waals surface area contributed by atoms with Crippen molar-refractivity contribution in [3.05, 3.63) is 36.0 Å². The van der Waals surface area contributed by atoms with Crippen LogP contribution in [0.5, 0.6) is 0 Å². The zero-order chi connectivity index (χ0) is 21.2. The molecule has 30 heavy (non-hydrogen) atoms. The third kappa shape index (κ3) is 2.20. The van der Waals surface area contributed by atoms with Crippen LogP contribution < -0.4 is 4.90 Å². The summed E-state index contributed by atoms with van der Waals surface area (Å²) in [7, 11) is 1.12. The molecule has 3 saturated heterocycles. The second kappa shape index (κ2) is 6.25. The molecule has 3 fully saturated rings. The Bertz CT molecular complexity index is 1190. The van der Waals surface area contributed by atoms with Crippen LogP contribution in [0.3, 0.4) is 0 Å². The fourth-order valence-corrected chi connectivity index (χ4v) is 4.76. The Morgan fingerprint density at radius 3 is 2.80 bits per heavy atom. The molecule has 10 heteroatoms. The van der Waals surface area contributed by atoms with Gasteiger partial charge in [0.05, 0.1) is 36.0 Å². The number of methoxy groups -OCH3 is 1. The fraction of sp³-hybridized carbons (Fsp3) is 0.300. The van der Waals surface area contributed by atoms with Crippen molar-refractivity contribution in [1.82, 2.24) is 14.8 Å². The molecule has 3 aliphatic rings. The van der Waals surface area contributed by atoms with Gasteiger partial charge in [0.15, 0.2) is 0 Å². The number of hydrogen-bond acceptors (Lipinski definition) is 7. The number of hydrogen-bond donors (Lipinski definition) is 0. The topological polar surface area (TPSA) is 124 Å². The van der Waals surface area contributed by atoms with Crippen LogP contribution in [-0.2, 0) is 19.1 Å². The van der Waals surface area contributed by atoms with E-state index in [9.17, 15) is 24.4 Å². The number of carbonyl (C=O) groups excluding carboxylic acids is 4. The fourth-order valence-electron chi connectivity index (χ4n) is 4.76. The molecule has 10 nitrogen and oxygen atoms in total. The Hall–Kier alpha value is -4.00. The number of fused-ring (bicyclic) bond motifs is 6. The molecule has 0 spiro atoms. The maximum absolute atomic E-state index is 13.3. The lowest BCUT2D eigenvalue weighted by Crippen LogP contribution is -2.56. The lowest BCUT2D eigenvalue weighted by atomic mass is 10.1. The third-order valence-corrected chi connectivity index (χ3v) is 5.99. The van der Waals surface area contributed by atoms with E-state index in [-0.39, 0.29) is 12.6 Å². The van der Waals surface area contributed by atoms with Crippen molar-refractivity contribution in [2.75, 3.05) is 18.6 Å².